The molecule has 0 radical (unpaired) electrons. The number of carbonyl (C=O) groups is 3. The number of hydrogen-bond acceptors (Lipinski definition) is 5. The second-order valence-corrected chi connectivity index (χ2v) is 10.4. The summed E-state index contributed by atoms with van der Waals surface area (Å²) < 4.78 is 11.4. The van der Waals surface area contributed by atoms with Crippen molar-refractivity contribution in [2.45, 2.75) is 69.7 Å². The van der Waals surface area contributed by atoms with Crippen LogP contribution in [-0.4, -0.2) is 47.5 Å². The highest BCUT2D eigenvalue weighted by Gasteiger charge is 2.67. The van der Waals surface area contributed by atoms with E-state index in [-0.39, 0.29) is 37.0 Å². The maximum atomic E-state index is 13.5. The van der Waals surface area contributed by atoms with E-state index in [1.54, 1.807) is 18.1 Å². The molecule has 1 saturated carbocycles. The number of ether oxygens (including phenoxy) is 2. The van der Waals surface area contributed by atoms with Gasteiger partial charge in [-0.2, -0.15) is 0 Å². The highest BCUT2D eigenvalue weighted by Crippen LogP contribution is 2.60. The van der Waals surface area contributed by atoms with Crippen LogP contribution in [0.4, 0.5) is 10.5 Å². The zero-order valence-corrected chi connectivity index (χ0v) is 20.0. The Balaban J connectivity index is 1.65. The Morgan fingerprint density at radius 2 is 1.74 bits per heavy atom. The number of carbonyl (C=O) groups excluding carboxylic acids is 3. The van der Waals surface area contributed by atoms with Crippen LogP contribution in [-0.2, 0) is 26.3 Å². The molecule has 0 unspecified atom stereocenters. The van der Waals surface area contributed by atoms with E-state index in [2.05, 4.69) is 0 Å². The quantitative estimate of drug-likeness (QED) is 0.683. The molecular weight excluding hydrogens is 432 g/mol. The fourth-order valence-corrected chi connectivity index (χ4v) is 6.00. The average molecular weight is 463 g/mol. The molecule has 2 aliphatic heterocycles. The lowest BCUT2D eigenvalue weighted by Crippen LogP contribution is -2.58. The summed E-state index contributed by atoms with van der Waals surface area (Å²) in [5, 5.41) is 0. The van der Waals surface area contributed by atoms with Gasteiger partial charge in [-0.15, -0.1) is 0 Å². The van der Waals surface area contributed by atoms with E-state index in [0.29, 0.717) is 18.0 Å². The lowest BCUT2D eigenvalue weighted by Gasteiger charge is -2.44. The summed E-state index contributed by atoms with van der Waals surface area (Å²) in [4.78, 5) is 43.5. The number of Topliss-reactive ketones (excluding diaryl/α,β-unsaturated/α-hetero) is 1. The van der Waals surface area contributed by atoms with Gasteiger partial charge in [-0.1, -0.05) is 42.5 Å². The van der Waals surface area contributed by atoms with Crippen LogP contribution >= 0.6 is 0 Å². The van der Waals surface area contributed by atoms with Gasteiger partial charge in [0.05, 0.1) is 24.9 Å². The van der Waals surface area contributed by atoms with E-state index in [0.717, 1.165) is 11.1 Å². The second kappa shape index (κ2) is 7.86. The Kier molecular flexibility index (Phi) is 5.19. The van der Waals surface area contributed by atoms with Crippen molar-refractivity contribution < 1.29 is 23.9 Å². The predicted octanol–water partition coefficient (Wildman–Crippen LogP) is 4.22. The SMILES string of the molecule is COc1cccc2c1N(C(=O)OC(C)(C)C)[C@H]1CC(=O)C[C@@H]3N(Cc4ccccc4)C(=O)C[C@@]231. The standard InChI is InChI=1S/C27H30N2O5/c1-26(2,3)34-25(32)29-22-14-18(30)13-21-27(22,19-11-8-12-20(33-4)24(19)29)15-23(31)28(21)16-17-9-6-5-7-10-17/h5-12,21-22H,13-16H2,1-4H3/t21-,22-,27+/m0/s1. The van der Waals surface area contributed by atoms with Crippen LogP contribution in [0.15, 0.2) is 48.5 Å². The number of para-hydroxylation sites is 1. The summed E-state index contributed by atoms with van der Waals surface area (Å²) in [6.07, 6.45) is 0.165. The molecule has 178 valence electrons. The molecule has 2 amide bonds. The minimum atomic E-state index is -0.710. The van der Waals surface area contributed by atoms with E-state index < -0.39 is 23.2 Å². The molecule has 0 bridgehead atoms. The number of ketones is 1. The fourth-order valence-electron chi connectivity index (χ4n) is 6.00. The first-order chi connectivity index (χ1) is 16.2. The zero-order valence-electron chi connectivity index (χ0n) is 20.0. The second-order valence-electron chi connectivity index (χ2n) is 10.4. The van der Waals surface area contributed by atoms with Gasteiger partial charge in [0.15, 0.2) is 0 Å². The van der Waals surface area contributed by atoms with E-state index in [1.165, 1.54) is 0 Å². The van der Waals surface area contributed by atoms with Gasteiger partial charge in [0, 0.05) is 31.2 Å². The molecule has 2 heterocycles. The molecule has 1 saturated heterocycles. The smallest absolute Gasteiger partial charge is 0.415 e. The number of amides is 2. The summed E-state index contributed by atoms with van der Waals surface area (Å²) in [5.74, 6) is 0.569. The minimum Gasteiger partial charge on any atom is -0.495 e. The summed E-state index contributed by atoms with van der Waals surface area (Å²) in [5.41, 5.74) is 1.09. The summed E-state index contributed by atoms with van der Waals surface area (Å²) in [6, 6.07) is 14.6. The number of methoxy groups -OCH3 is 1. The molecule has 34 heavy (non-hydrogen) atoms. The highest BCUT2D eigenvalue weighted by atomic mass is 16.6. The van der Waals surface area contributed by atoms with Crippen LogP contribution < -0.4 is 9.64 Å². The third kappa shape index (κ3) is 3.37. The van der Waals surface area contributed by atoms with Crippen LogP contribution in [0.3, 0.4) is 0 Å². The molecule has 3 aliphatic rings. The molecule has 7 heteroatoms. The topological polar surface area (TPSA) is 76.2 Å². The predicted molar refractivity (Wildman–Crippen MR) is 127 cm³/mol. The van der Waals surface area contributed by atoms with Crippen molar-refractivity contribution in [3.05, 3.63) is 59.7 Å². The number of fused-ring (bicyclic) bond motifs is 1. The molecule has 2 aromatic rings. The van der Waals surface area contributed by atoms with Gasteiger partial charge in [-0.25, -0.2) is 4.79 Å². The molecule has 0 N–H and O–H groups in total. The molecule has 2 fully saturated rings. The third-order valence-electron chi connectivity index (χ3n) is 7.23. The first-order valence-corrected chi connectivity index (χ1v) is 11.7. The Hall–Kier alpha value is -3.35. The van der Waals surface area contributed by atoms with Crippen LogP contribution in [0.2, 0.25) is 0 Å². The van der Waals surface area contributed by atoms with Crippen LogP contribution in [0.1, 0.15) is 51.2 Å². The number of rotatable bonds is 3. The Morgan fingerprint density at radius 1 is 1.03 bits per heavy atom. The number of hydrogen-bond donors (Lipinski definition) is 0. The van der Waals surface area contributed by atoms with Crippen molar-refractivity contribution in [1.29, 1.82) is 0 Å². The third-order valence-corrected chi connectivity index (χ3v) is 7.23. The van der Waals surface area contributed by atoms with Crippen LogP contribution in [0, 0.1) is 0 Å². The van der Waals surface area contributed by atoms with E-state index in [4.69, 9.17) is 9.47 Å². The average Bonchev–Trinajstić information content (AvgIpc) is 3.22. The van der Waals surface area contributed by atoms with Crippen LogP contribution in [0.25, 0.3) is 0 Å². The van der Waals surface area contributed by atoms with Gasteiger partial charge in [-0.3, -0.25) is 14.5 Å². The number of likely N-dealkylation sites (tertiary alicyclic amines) is 1. The van der Waals surface area contributed by atoms with Gasteiger partial charge in [-0.05, 0) is 38.0 Å². The van der Waals surface area contributed by atoms with Gasteiger partial charge < -0.3 is 14.4 Å². The molecular formula is C27H30N2O5. The largest absolute Gasteiger partial charge is 0.495 e. The van der Waals surface area contributed by atoms with Gasteiger partial charge in [0.1, 0.15) is 17.1 Å². The minimum absolute atomic E-state index is 0.00615. The first kappa shape index (κ1) is 22.4. The zero-order chi connectivity index (χ0) is 24.3. The first-order valence-electron chi connectivity index (χ1n) is 11.7. The molecule has 1 aliphatic carbocycles. The van der Waals surface area contributed by atoms with E-state index >= 15 is 0 Å². The summed E-state index contributed by atoms with van der Waals surface area (Å²) in [7, 11) is 1.56. The lowest BCUT2D eigenvalue weighted by atomic mass is 9.64. The summed E-state index contributed by atoms with van der Waals surface area (Å²) >= 11 is 0. The maximum absolute atomic E-state index is 13.5. The van der Waals surface area contributed by atoms with Crippen molar-refractivity contribution in [3.63, 3.8) is 0 Å². The monoisotopic (exact) mass is 462 g/mol. The van der Waals surface area contributed by atoms with Crippen molar-refractivity contribution in [1.82, 2.24) is 4.90 Å². The number of anilines is 1. The van der Waals surface area contributed by atoms with Crippen molar-refractivity contribution in [3.8, 4) is 5.75 Å². The molecule has 7 nitrogen and oxygen atoms in total. The van der Waals surface area contributed by atoms with Crippen molar-refractivity contribution in [2.24, 2.45) is 0 Å². The van der Waals surface area contributed by atoms with Crippen molar-refractivity contribution in [2.75, 3.05) is 12.0 Å². The lowest BCUT2D eigenvalue weighted by molar-refractivity contribution is -0.130. The number of nitrogens with zero attached hydrogens (tertiary/aromatic N) is 2. The Labute approximate surface area is 199 Å². The van der Waals surface area contributed by atoms with Gasteiger partial charge in [0.2, 0.25) is 5.91 Å². The van der Waals surface area contributed by atoms with Gasteiger partial charge in [0.25, 0.3) is 0 Å². The Bertz CT molecular complexity index is 1160. The van der Waals surface area contributed by atoms with Crippen molar-refractivity contribution >= 4 is 23.5 Å². The molecule has 2 aromatic carbocycles. The molecule has 5 rings (SSSR count). The summed E-state index contributed by atoms with van der Waals surface area (Å²) in [6.45, 7) is 5.87. The van der Waals surface area contributed by atoms with E-state index in [9.17, 15) is 14.4 Å². The highest BCUT2D eigenvalue weighted by molar-refractivity contribution is 6.00. The van der Waals surface area contributed by atoms with E-state index in [1.807, 2.05) is 68.1 Å². The molecule has 3 atom stereocenters. The normalized spacial score (nSPS) is 25.6. The molecule has 1 spiro atoms. The molecule has 0 aromatic heterocycles. The van der Waals surface area contributed by atoms with Crippen LogP contribution in [0.5, 0.6) is 5.75 Å². The number of benzene rings is 2. The van der Waals surface area contributed by atoms with Gasteiger partial charge >= 0.3 is 6.09 Å². The Morgan fingerprint density at radius 3 is 2.41 bits per heavy atom. The maximum Gasteiger partial charge on any atom is 0.415 e. The fraction of sp³-hybridized carbons (Fsp3) is 0.444.